The van der Waals surface area contributed by atoms with Crippen molar-refractivity contribution in [3.05, 3.63) is 0 Å². The molecular weight excluding hydrogens is 150 g/mol. The van der Waals surface area contributed by atoms with E-state index in [0.29, 0.717) is 0 Å². The molecule has 0 aliphatic carbocycles. The van der Waals surface area contributed by atoms with E-state index in [1.165, 1.54) is 6.42 Å². The van der Waals surface area contributed by atoms with Gasteiger partial charge in [0.25, 0.3) is 0 Å². The molecule has 0 aliphatic rings. The van der Waals surface area contributed by atoms with E-state index >= 15 is 0 Å². The number of hydrogen-bond donors (Lipinski definition) is 1. The lowest BCUT2D eigenvalue weighted by Crippen LogP contribution is -2.42. The average Bonchev–Trinajstić information content (AvgIpc) is 1.84. The largest absolute Gasteiger partial charge is 0.325 e. The molecule has 0 radical (unpaired) electrons. The Morgan fingerprint density at radius 3 is 2.17 bits per heavy atom. The van der Waals surface area contributed by atoms with Crippen molar-refractivity contribution in [1.29, 1.82) is 0 Å². The quantitative estimate of drug-likeness (QED) is 0.623. The van der Waals surface area contributed by atoms with Crippen molar-refractivity contribution in [1.82, 2.24) is 9.80 Å². The van der Waals surface area contributed by atoms with Crippen molar-refractivity contribution in [2.45, 2.75) is 19.4 Å². The van der Waals surface area contributed by atoms with Gasteiger partial charge in [-0.3, -0.25) is 0 Å². The predicted molar refractivity (Wildman–Crippen MR) is 54.3 cm³/mol. The smallest absolute Gasteiger partial charge is 0.0297 e. The van der Waals surface area contributed by atoms with Crippen molar-refractivity contribution >= 4 is 0 Å². The van der Waals surface area contributed by atoms with Crippen LogP contribution in [-0.4, -0.2) is 56.6 Å². The molecule has 0 amide bonds. The second-order valence-electron chi connectivity index (χ2n) is 3.78. The van der Waals surface area contributed by atoms with Crippen LogP contribution in [0.15, 0.2) is 0 Å². The zero-order chi connectivity index (χ0) is 9.56. The summed E-state index contributed by atoms with van der Waals surface area (Å²) in [5, 5.41) is 0. The van der Waals surface area contributed by atoms with Crippen LogP contribution in [0.2, 0.25) is 0 Å². The number of hydrogen-bond acceptors (Lipinski definition) is 3. The summed E-state index contributed by atoms with van der Waals surface area (Å²) < 4.78 is 0. The van der Waals surface area contributed by atoms with Crippen LogP contribution in [-0.2, 0) is 0 Å². The first kappa shape index (κ1) is 11.9. The van der Waals surface area contributed by atoms with Gasteiger partial charge in [-0.05, 0) is 34.1 Å². The Morgan fingerprint density at radius 2 is 1.75 bits per heavy atom. The molecule has 0 aliphatic heterocycles. The minimum Gasteiger partial charge on any atom is -0.325 e. The van der Waals surface area contributed by atoms with Gasteiger partial charge in [0.05, 0.1) is 0 Å². The van der Waals surface area contributed by atoms with Crippen LogP contribution in [0.5, 0.6) is 0 Å². The first-order valence-corrected chi connectivity index (χ1v) is 4.65. The maximum atomic E-state index is 5.92. The number of nitrogens with two attached hydrogens (primary N) is 1. The maximum Gasteiger partial charge on any atom is 0.0297 e. The van der Waals surface area contributed by atoms with Gasteiger partial charge in [0, 0.05) is 19.1 Å². The van der Waals surface area contributed by atoms with Gasteiger partial charge < -0.3 is 15.5 Å². The fourth-order valence-corrected chi connectivity index (χ4v) is 1.40. The fraction of sp³-hybridized carbons (Fsp3) is 1.00. The third-order valence-electron chi connectivity index (χ3n) is 1.75. The lowest BCUT2D eigenvalue weighted by molar-refractivity contribution is 0.275. The molecule has 0 fully saturated rings. The molecule has 3 heteroatoms. The Morgan fingerprint density at radius 1 is 1.17 bits per heavy atom. The molecule has 0 saturated carbocycles. The highest BCUT2D eigenvalue weighted by atomic mass is 15.1. The summed E-state index contributed by atoms with van der Waals surface area (Å²) in [6, 6.07) is 0.275. The fourth-order valence-electron chi connectivity index (χ4n) is 1.40. The molecule has 0 spiro atoms. The normalized spacial score (nSPS) is 14.2. The van der Waals surface area contributed by atoms with E-state index in [-0.39, 0.29) is 6.04 Å². The monoisotopic (exact) mass is 173 g/mol. The van der Waals surface area contributed by atoms with E-state index in [9.17, 15) is 0 Å². The van der Waals surface area contributed by atoms with Crippen molar-refractivity contribution in [2.75, 3.05) is 40.8 Å². The minimum atomic E-state index is 0.275. The lowest BCUT2D eigenvalue weighted by Gasteiger charge is -2.22. The zero-order valence-electron chi connectivity index (χ0n) is 8.88. The van der Waals surface area contributed by atoms with Crippen LogP contribution in [0.3, 0.4) is 0 Å². The Hall–Kier alpha value is -0.120. The summed E-state index contributed by atoms with van der Waals surface area (Å²) in [7, 11) is 6.23. The van der Waals surface area contributed by atoms with E-state index in [4.69, 9.17) is 5.73 Å². The minimum absolute atomic E-state index is 0.275. The van der Waals surface area contributed by atoms with Gasteiger partial charge in [-0.1, -0.05) is 6.92 Å². The molecule has 0 aromatic heterocycles. The second kappa shape index (κ2) is 6.40. The molecule has 0 aromatic rings. The highest BCUT2D eigenvalue weighted by molar-refractivity contribution is 4.67. The Kier molecular flexibility index (Phi) is 6.34. The molecule has 0 saturated heterocycles. The first-order chi connectivity index (χ1) is 5.56. The van der Waals surface area contributed by atoms with Gasteiger partial charge >= 0.3 is 0 Å². The topological polar surface area (TPSA) is 32.5 Å². The molecular formula is C9H23N3. The molecule has 1 unspecified atom stereocenters. The van der Waals surface area contributed by atoms with Gasteiger partial charge in [0.2, 0.25) is 0 Å². The van der Waals surface area contributed by atoms with Crippen LogP contribution in [0.4, 0.5) is 0 Å². The predicted octanol–water partition coefficient (Wildman–Crippen LogP) is 0.217. The second-order valence-corrected chi connectivity index (χ2v) is 3.78. The molecule has 2 N–H and O–H groups in total. The number of likely N-dealkylation sites (N-methyl/N-ethyl adjacent to an activating group) is 2. The van der Waals surface area contributed by atoms with E-state index in [2.05, 4.69) is 37.9 Å². The van der Waals surface area contributed by atoms with Crippen LogP contribution >= 0.6 is 0 Å². The lowest BCUT2D eigenvalue weighted by atomic mass is 10.2. The molecule has 0 rings (SSSR count). The molecule has 3 nitrogen and oxygen atoms in total. The highest BCUT2D eigenvalue weighted by Crippen LogP contribution is 1.90. The third-order valence-corrected chi connectivity index (χ3v) is 1.75. The van der Waals surface area contributed by atoms with Gasteiger partial charge in [0.1, 0.15) is 0 Å². The number of rotatable bonds is 6. The maximum absolute atomic E-state index is 5.92. The van der Waals surface area contributed by atoms with Gasteiger partial charge in [-0.15, -0.1) is 0 Å². The molecule has 0 bridgehead atoms. The van der Waals surface area contributed by atoms with E-state index in [1.54, 1.807) is 0 Å². The van der Waals surface area contributed by atoms with E-state index in [0.717, 1.165) is 19.6 Å². The SMILES string of the molecule is CCCN(C)CC(N)CN(C)C. The Labute approximate surface area is 76.5 Å². The standard InChI is InChI=1S/C9H23N3/c1-5-6-12(4)8-9(10)7-11(2)3/h9H,5-8,10H2,1-4H3. The molecule has 0 aromatic carbocycles. The molecule has 12 heavy (non-hydrogen) atoms. The Bertz CT molecular complexity index is 104. The first-order valence-electron chi connectivity index (χ1n) is 4.65. The van der Waals surface area contributed by atoms with Crippen molar-refractivity contribution < 1.29 is 0 Å². The van der Waals surface area contributed by atoms with E-state index in [1.807, 2.05) is 0 Å². The van der Waals surface area contributed by atoms with E-state index < -0.39 is 0 Å². The van der Waals surface area contributed by atoms with Crippen molar-refractivity contribution in [3.63, 3.8) is 0 Å². The summed E-state index contributed by atoms with van der Waals surface area (Å²) in [4.78, 5) is 4.42. The van der Waals surface area contributed by atoms with Crippen LogP contribution in [0.25, 0.3) is 0 Å². The summed E-state index contributed by atoms with van der Waals surface area (Å²) in [5.74, 6) is 0. The van der Waals surface area contributed by atoms with Gasteiger partial charge in [-0.25, -0.2) is 0 Å². The summed E-state index contributed by atoms with van der Waals surface area (Å²) in [5.41, 5.74) is 5.92. The van der Waals surface area contributed by atoms with Gasteiger partial charge in [0.15, 0.2) is 0 Å². The zero-order valence-corrected chi connectivity index (χ0v) is 8.88. The summed E-state index contributed by atoms with van der Waals surface area (Å²) in [6.07, 6.45) is 1.20. The van der Waals surface area contributed by atoms with Crippen LogP contribution < -0.4 is 5.73 Å². The highest BCUT2D eigenvalue weighted by Gasteiger charge is 2.06. The summed E-state index contributed by atoms with van der Waals surface area (Å²) in [6.45, 7) is 5.29. The molecule has 1 atom stereocenters. The average molecular weight is 173 g/mol. The van der Waals surface area contributed by atoms with Crippen molar-refractivity contribution in [3.8, 4) is 0 Å². The van der Waals surface area contributed by atoms with Gasteiger partial charge in [-0.2, -0.15) is 0 Å². The van der Waals surface area contributed by atoms with Crippen molar-refractivity contribution in [2.24, 2.45) is 5.73 Å². The number of nitrogens with zero attached hydrogens (tertiary/aromatic N) is 2. The van der Waals surface area contributed by atoms with Crippen LogP contribution in [0.1, 0.15) is 13.3 Å². The Balaban J connectivity index is 3.46. The third kappa shape index (κ3) is 6.58. The molecule has 0 heterocycles. The van der Waals surface area contributed by atoms with Crippen LogP contribution in [0, 0.1) is 0 Å². The summed E-state index contributed by atoms with van der Waals surface area (Å²) >= 11 is 0. The molecule has 74 valence electrons.